The van der Waals surface area contributed by atoms with Crippen LogP contribution in [0.15, 0.2) is 0 Å². The molecule has 2 unspecified atom stereocenters. The summed E-state index contributed by atoms with van der Waals surface area (Å²) in [5.74, 6) is -0.585. The highest BCUT2D eigenvalue weighted by Crippen LogP contribution is 2.45. The van der Waals surface area contributed by atoms with Crippen molar-refractivity contribution in [1.29, 1.82) is 0 Å². The third-order valence-corrected chi connectivity index (χ3v) is 17.4. The molecular formula is C67H130O17P2. The van der Waals surface area contributed by atoms with Gasteiger partial charge in [-0.25, -0.2) is 9.13 Å². The second-order valence-corrected chi connectivity index (χ2v) is 28.1. The highest BCUT2D eigenvalue weighted by molar-refractivity contribution is 7.47. The molecule has 0 aliphatic heterocycles. The fourth-order valence-corrected chi connectivity index (χ4v) is 11.6. The standard InChI is InChI=1S/C67H130O17P2/c1-7-9-11-13-15-16-26-33-39-45-51-66(71)83-62(55-77-64(69)49-43-37-29-14-12-10-8-2)57-81-85(73,74)79-53-61(68)54-80-86(75,76)82-58-63(56-78-65(70)50-44-38-32-27-23-19-21-25-31-36-42-48-60(5)6)84-67(72)52-46-40-34-28-22-18-17-20-24-30-35-41-47-59(3)4/h59-63,68H,7-58H2,1-6H3,(H,73,74)(H,75,76)/t61-,62+,63+/m0/s1. The number of aliphatic hydroxyl groups excluding tert-OH is 1. The first-order valence-corrected chi connectivity index (χ1v) is 38.0. The molecule has 19 heteroatoms. The van der Waals surface area contributed by atoms with Crippen molar-refractivity contribution in [2.45, 2.75) is 355 Å². The van der Waals surface area contributed by atoms with Crippen molar-refractivity contribution in [3.8, 4) is 0 Å². The molecule has 0 fully saturated rings. The van der Waals surface area contributed by atoms with Gasteiger partial charge in [0.2, 0.25) is 0 Å². The maximum atomic E-state index is 13.0. The van der Waals surface area contributed by atoms with Gasteiger partial charge in [0.15, 0.2) is 12.2 Å². The number of phosphoric ester groups is 2. The van der Waals surface area contributed by atoms with Crippen LogP contribution in [0.4, 0.5) is 0 Å². The highest BCUT2D eigenvalue weighted by atomic mass is 31.2. The van der Waals surface area contributed by atoms with E-state index in [1.54, 1.807) is 0 Å². The topological polar surface area (TPSA) is 237 Å². The van der Waals surface area contributed by atoms with Crippen LogP contribution in [0.5, 0.6) is 0 Å². The summed E-state index contributed by atoms with van der Waals surface area (Å²) >= 11 is 0. The van der Waals surface area contributed by atoms with Gasteiger partial charge in [-0.2, -0.15) is 0 Å². The van der Waals surface area contributed by atoms with E-state index in [1.807, 2.05) is 0 Å². The maximum Gasteiger partial charge on any atom is 0.472 e. The van der Waals surface area contributed by atoms with E-state index in [-0.39, 0.29) is 25.7 Å². The van der Waals surface area contributed by atoms with Crippen molar-refractivity contribution >= 4 is 39.5 Å². The van der Waals surface area contributed by atoms with E-state index in [1.165, 1.54) is 141 Å². The van der Waals surface area contributed by atoms with Gasteiger partial charge in [-0.05, 0) is 37.5 Å². The van der Waals surface area contributed by atoms with Gasteiger partial charge in [0, 0.05) is 25.7 Å². The molecule has 0 radical (unpaired) electrons. The van der Waals surface area contributed by atoms with Gasteiger partial charge in [-0.15, -0.1) is 0 Å². The number of esters is 4. The Balaban J connectivity index is 5.21. The lowest BCUT2D eigenvalue weighted by molar-refractivity contribution is -0.161. The molecule has 86 heavy (non-hydrogen) atoms. The van der Waals surface area contributed by atoms with E-state index >= 15 is 0 Å². The second-order valence-electron chi connectivity index (χ2n) is 25.2. The number of carbonyl (C=O) groups excluding carboxylic acids is 4. The number of unbranched alkanes of at least 4 members (excludes halogenated alkanes) is 36. The Morgan fingerprint density at radius 1 is 0.314 bits per heavy atom. The minimum Gasteiger partial charge on any atom is -0.462 e. The maximum absolute atomic E-state index is 13.0. The van der Waals surface area contributed by atoms with Gasteiger partial charge in [-0.1, -0.05) is 286 Å². The summed E-state index contributed by atoms with van der Waals surface area (Å²) in [6.45, 7) is 9.49. The predicted molar refractivity (Wildman–Crippen MR) is 345 cm³/mol. The molecule has 17 nitrogen and oxygen atoms in total. The molecular weight excluding hydrogens is 1140 g/mol. The largest absolute Gasteiger partial charge is 0.472 e. The first-order chi connectivity index (χ1) is 41.4. The quantitative estimate of drug-likeness (QED) is 0.0222. The van der Waals surface area contributed by atoms with Crippen molar-refractivity contribution in [3.63, 3.8) is 0 Å². The van der Waals surface area contributed by atoms with Gasteiger partial charge in [0.05, 0.1) is 26.4 Å². The summed E-state index contributed by atoms with van der Waals surface area (Å²) in [6, 6.07) is 0. The fourth-order valence-electron chi connectivity index (χ4n) is 10.1. The van der Waals surface area contributed by atoms with Gasteiger partial charge in [0.25, 0.3) is 0 Å². The zero-order valence-corrected chi connectivity index (χ0v) is 57.4. The zero-order chi connectivity index (χ0) is 63.6. The van der Waals surface area contributed by atoms with E-state index in [0.717, 1.165) is 115 Å². The Bertz CT molecular complexity index is 1680. The summed E-state index contributed by atoms with van der Waals surface area (Å²) in [5.41, 5.74) is 0. The molecule has 0 aliphatic rings. The van der Waals surface area contributed by atoms with Crippen LogP contribution in [0.1, 0.15) is 337 Å². The predicted octanol–water partition coefficient (Wildman–Crippen LogP) is 18.8. The summed E-state index contributed by atoms with van der Waals surface area (Å²) in [7, 11) is -9.89. The molecule has 5 atom stereocenters. The van der Waals surface area contributed by atoms with Gasteiger partial charge < -0.3 is 33.8 Å². The van der Waals surface area contributed by atoms with Gasteiger partial charge >= 0.3 is 39.5 Å². The molecule has 0 heterocycles. The number of rotatable bonds is 66. The average molecular weight is 1270 g/mol. The van der Waals surface area contributed by atoms with Crippen LogP contribution < -0.4 is 0 Å². The lowest BCUT2D eigenvalue weighted by atomic mass is 10.0. The van der Waals surface area contributed by atoms with Gasteiger partial charge in [0.1, 0.15) is 19.3 Å². The summed E-state index contributed by atoms with van der Waals surface area (Å²) in [4.78, 5) is 72.2. The van der Waals surface area contributed by atoms with E-state index in [4.69, 9.17) is 37.0 Å². The summed E-state index contributed by atoms with van der Waals surface area (Å²) in [5, 5.41) is 10.5. The Morgan fingerprint density at radius 3 is 0.791 bits per heavy atom. The highest BCUT2D eigenvalue weighted by Gasteiger charge is 2.30. The molecule has 0 aromatic heterocycles. The number of carbonyl (C=O) groups is 4. The van der Waals surface area contributed by atoms with Crippen molar-refractivity contribution < 1.29 is 80.2 Å². The number of phosphoric acid groups is 2. The van der Waals surface area contributed by atoms with Gasteiger partial charge in [-0.3, -0.25) is 37.3 Å². The molecule has 0 bridgehead atoms. The third kappa shape index (κ3) is 60.9. The first kappa shape index (κ1) is 84.1. The molecule has 3 N–H and O–H groups in total. The number of hydrogen-bond acceptors (Lipinski definition) is 15. The van der Waals surface area contributed by atoms with Crippen LogP contribution >= 0.6 is 15.6 Å². The van der Waals surface area contributed by atoms with E-state index in [0.29, 0.717) is 25.7 Å². The lowest BCUT2D eigenvalue weighted by Gasteiger charge is -2.21. The average Bonchev–Trinajstić information content (AvgIpc) is 3.55. The van der Waals surface area contributed by atoms with E-state index < -0.39 is 97.5 Å². The first-order valence-electron chi connectivity index (χ1n) is 35.0. The van der Waals surface area contributed by atoms with Crippen molar-refractivity contribution in [2.75, 3.05) is 39.6 Å². The van der Waals surface area contributed by atoms with Crippen molar-refractivity contribution in [3.05, 3.63) is 0 Å². The smallest absolute Gasteiger partial charge is 0.462 e. The monoisotopic (exact) mass is 1270 g/mol. The molecule has 0 rings (SSSR count). The third-order valence-electron chi connectivity index (χ3n) is 15.5. The Labute approximate surface area is 524 Å². The molecule has 0 saturated heterocycles. The van der Waals surface area contributed by atoms with Crippen LogP contribution in [0.25, 0.3) is 0 Å². The summed E-state index contributed by atoms with van der Waals surface area (Å²) in [6.07, 6.45) is 43.1. The fraction of sp³-hybridized carbons (Fsp3) is 0.940. The Hall–Kier alpha value is -1.94. The van der Waals surface area contributed by atoms with Crippen molar-refractivity contribution in [1.82, 2.24) is 0 Å². The minimum atomic E-state index is -4.95. The van der Waals surface area contributed by atoms with Crippen LogP contribution in [-0.2, 0) is 65.4 Å². The molecule has 0 saturated carbocycles. The SMILES string of the molecule is CCCCCCCCCCCCC(=O)O[C@H](COC(=O)CCCCCCCCC)COP(=O)(O)OC[C@H](O)COP(=O)(O)OC[C@@H](COC(=O)CCCCCCCCCCCCCC(C)C)OC(=O)CCCCCCCCCCCCCCC(C)C. The molecule has 0 aromatic carbocycles. The lowest BCUT2D eigenvalue weighted by Crippen LogP contribution is -2.30. The van der Waals surface area contributed by atoms with Crippen LogP contribution in [0.2, 0.25) is 0 Å². The zero-order valence-electron chi connectivity index (χ0n) is 55.6. The van der Waals surface area contributed by atoms with Crippen LogP contribution in [0, 0.1) is 11.8 Å². The molecule has 0 aromatic rings. The Kier molecular flexibility index (Phi) is 58.0. The number of hydrogen-bond donors (Lipinski definition) is 3. The molecule has 0 amide bonds. The Morgan fingerprint density at radius 2 is 0.535 bits per heavy atom. The van der Waals surface area contributed by atoms with Crippen LogP contribution in [-0.4, -0.2) is 96.7 Å². The second kappa shape index (κ2) is 59.4. The van der Waals surface area contributed by atoms with Crippen molar-refractivity contribution in [2.24, 2.45) is 11.8 Å². The van der Waals surface area contributed by atoms with E-state index in [2.05, 4.69) is 41.5 Å². The minimum absolute atomic E-state index is 0.106. The van der Waals surface area contributed by atoms with Crippen LogP contribution in [0.3, 0.4) is 0 Å². The normalized spacial score (nSPS) is 14.2. The summed E-state index contributed by atoms with van der Waals surface area (Å²) < 4.78 is 68.0. The molecule has 510 valence electrons. The number of aliphatic hydroxyl groups is 1. The number of ether oxygens (including phenoxy) is 4. The van der Waals surface area contributed by atoms with E-state index in [9.17, 15) is 43.2 Å². The molecule has 0 aliphatic carbocycles. The molecule has 0 spiro atoms.